The lowest BCUT2D eigenvalue weighted by Crippen LogP contribution is -2.52. The van der Waals surface area contributed by atoms with Crippen LogP contribution in [-0.4, -0.2) is 42.0 Å². The van der Waals surface area contributed by atoms with E-state index in [0.717, 1.165) is 38.4 Å². The first-order valence-electron chi connectivity index (χ1n) is 7.20. The Bertz CT molecular complexity index is 479. The number of hydrogen-bond acceptors (Lipinski definition) is 4. The van der Waals surface area contributed by atoms with E-state index in [1.165, 1.54) is 0 Å². The molecular weight excluding hydrogens is 252 g/mol. The molecule has 0 radical (unpaired) electrons. The molecule has 1 fully saturated rings. The Hall–Kier alpha value is -1.78. The highest BCUT2D eigenvalue weighted by atomic mass is 16.2. The molecule has 1 aromatic rings. The Kier molecular flexibility index (Phi) is 4.16. The van der Waals surface area contributed by atoms with Crippen LogP contribution < -0.4 is 10.6 Å². The van der Waals surface area contributed by atoms with Gasteiger partial charge in [0, 0.05) is 37.8 Å². The van der Waals surface area contributed by atoms with Gasteiger partial charge in [0.2, 0.25) is 5.91 Å². The lowest BCUT2D eigenvalue weighted by Gasteiger charge is -2.39. The Labute approximate surface area is 120 Å². The summed E-state index contributed by atoms with van der Waals surface area (Å²) < 4.78 is 0. The molecule has 0 aromatic carbocycles. The molecule has 20 heavy (non-hydrogen) atoms. The predicted molar refractivity (Wildman–Crippen MR) is 81.5 cm³/mol. The molecule has 2 N–H and O–H groups in total. The van der Waals surface area contributed by atoms with E-state index in [-0.39, 0.29) is 11.3 Å². The molecule has 5 heteroatoms. The number of anilines is 2. The van der Waals surface area contributed by atoms with Crippen molar-refractivity contribution in [1.82, 2.24) is 9.88 Å². The number of amides is 1. The highest BCUT2D eigenvalue weighted by molar-refractivity contribution is 5.82. The average molecular weight is 276 g/mol. The molecular formula is C15H24N4O. The van der Waals surface area contributed by atoms with Crippen molar-refractivity contribution in [2.24, 2.45) is 5.41 Å². The van der Waals surface area contributed by atoms with Gasteiger partial charge in [-0.3, -0.25) is 4.79 Å². The quantitative estimate of drug-likeness (QED) is 0.913. The Balaban J connectivity index is 2.00. The molecule has 2 heterocycles. The van der Waals surface area contributed by atoms with Crippen molar-refractivity contribution >= 4 is 17.4 Å². The van der Waals surface area contributed by atoms with Gasteiger partial charge in [-0.25, -0.2) is 4.98 Å². The maximum absolute atomic E-state index is 12.4. The highest BCUT2D eigenvalue weighted by Crippen LogP contribution is 2.25. The van der Waals surface area contributed by atoms with Gasteiger partial charge in [0.15, 0.2) is 5.82 Å². The fourth-order valence-corrected chi connectivity index (χ4v) is 2.37. The topological polar surface area (TPSA) is 62.5 Å². The third-order valence-electron chi connectivity index (χ3n) is 4.15. The monoisotopic (exact) mass is 276 g/mol. The van der Waals surface area contributed by atoms with Crippen LogP contribution in [0.5, 0.6) is 0 Å². The van der Waals surface area contributed by atoms with Gasteiger partial charge in [-0.15, -0.1) is 0 Å². The molecule has 2 rings (SSSR count). The molecule has 1 aliphatic rings. The summed E-state index contributed by atoms with van der Waals surface area (Å²) in [6, 6.07) is 3.70. The average Bonchev–Trinajstić information content (AvgIpc) is 2.47. The van der Waals surface area contributed by atoms with E-state index in [1.807, 2.05) is 30.9 Å². The summed E-state index contributed by atoms with van der Waals surface area (Å²) in [5, 5.41) is 0. The summed E-state index contributed by atoms with van der Waals surface area (Å²) >= 11 is 0. The lowest BCUT2D eigenvalue weighted by molar-refractivity contribution is -0.140. The van der Waals surface area contributed by atoms with Crippen LogP contribution in [0.4, 0.5) is 11.5 Å². The van der Waals surface area contributed by atoms with Crippen molar-refractivity contribution in [3.63, 3.8) is 0 Å². The maximum Gasteiger partial charge on any atom is 0.228 e. The number of aromatic nitrogens is 1. The van der Waals surface area contributed by atoms with Crippen LogP contribution in [0.15, 0.2) is 18.3 Å². The van der Waals surface area contributed by atoms with Crippen LogP contribution in [0.3, 0.4) is 0 Å². The number of hydrogen-bond donors (Lipinski definition) is 1. The van der Waals surface area contributed by atoms with E-state index in [9.17, 15) is 4.79 Å². The Morgan fingerprint density at radius 1 is 1.35 bits per heavy atom. The molecule has 0 atom stereocenters. The van der Waals surface area contributed by atoms with Gasteiger partial charge in [0.1, 0.15) is 0 Å². The zero-order valence-corrected chi connectivity index (χ0v) is 12.6. The molecule has 0 saturated carbocycles. The zero-order chi connectivity index (χ0) is 14.8. The smallest absolute Gasteiger partial charge is 0.228 e. The number of pyridine rings is 1. The van der Waals surface area contributed by atoms with Crippen molar-refractivity contribution < 1.29 is 4.79 Å². The number of rotatable bonds is 3. The first-order chi connectivity index (χ1) is 9.45. The fraction of sp³-hybridized carbons (Fsp3) is 0.600. The first kappa shape index (κ1) is 14.6. The SMILES string of the molecule is CCC(C)(C)C(=O)N1CCN(c2ncccc2N)CC1. The molecule has 0 aliphatic carbocycles. The van der Waals surface area contributed by atoms with E-state index in [2.05, 4.69) is 16.8 Å². The van der Waals surface area contributed by atoms with Crippen molar-refractivity contribution in [2.75, 3.05) is 36.8 Å². The second kappa shape index (κ2) is 5.69. The van der Waals surface area contributed by atoms with Crippen molar-refractivity contribution in [2.45, 2.75) is 27.2 Å². The molecule has 0 unspecified atom stereocenters. The van der Waals surface area contributed by atoms with Gasteiger partial charge in [-0.2, -0.15) is 0 Å². The number of nitrogen functional groups attached to an aromatic ring is 1. The van der Waals surface area contributed by atoms with Gasteiger partial charge in [0.05, 0.1) is 5.69 Å². The van der Waals surface area contributed by atoms with Gasteiger partial charge in [0.25, 0.3) is 0 Å². The van der Waals surface area contributed by atoms with E-state index in [4.69, 9.17) is 5.73 Å². The standard InChI is InChI=1S/C15H24N4O/c1-4-15(2,3)14(20)19-10-8-18(9-11-19)13-12(16)6-5-7-17-13/h5-7H,4,8-11,16H2,1-3H3. The summed E-state index contributed by atoms with van der Waals surface area (Å²) in [5.74, 6) is 1.07. The third-order valence-corrected chi connectivity index (χ3v) is 4.15. The minimum atomic E-state index is -0.272. The van der Waals surface area contributed by atoms with Gasteiger partial charge in [-0.1, -0.05) is 20.8 Å². The Morgan fingerprint density at radius 2 is 2.00 bits per heavy atom. The molecule has 5 nitrogen and oxygen atoms in total. The second-order valence-electron chi connectivity index (χ2n) is 5.93. The van der Waals surface area contributed by atoms with E-state index >= 15 is 0 Å². The van der Waals surface area contributed by atoms with E-state index < -0.39 is 0 Å². The van der Waals surface area contributed by atoms with Crippen molar-refractivity contribution in [1.29, 1.82) is 0 Å². The third kappa shape index (κ3) is 2.86. The second-order valence-corrected chi connectivity index (χ2v) is 5.93. The minimum absolute atomic E-state index is 0.244. The van der Waals surface area contributed by atoms with Crippen LogP contribution in [0.2, 0.25) is 0 Å². The summed E-state index contributed by atoms with van der Waals surface area (Å²) in [6.07, 6.45) is 2.61. The molecule has 110 valence electrons. The van der Waals surface area contributed by atoms with Gasteiger partial charge < -0.3 is 15.5 Å². The van der Waals surface area contributed by atoms with Crippen LogP contribution in [0, 0.1) is 5.41 Å². The molecule has 1 aliphatic heterocycles. The van der Waals surface area contributed by atoms with E-state index in [0.29, 0.717) is 5.69 Å². The summed E-state index contributed by atoms with van der Waals surface area (Å²) in [5.41, 5.74) is 6.38. The molecule has 1 aromatic heterocycles. The van der Waals surface area contributed by atoms with Crippen molar-refractivity contribution in [3.8, 4) is 0 Å². The molecule has 1 amide bonds. The largest absolute Gasteiger partial charge is 0.396 e. The van der Waals surface area contributed by atoms with Crippen LogP contribution in [-0.2, 0) is 4.79 Å². The van der Waals surface area contributed by atoms with Crippen LogP contribution in [0.25, 0.3) is 0 Å². The van der Waals surface area contributed by atoms with Gasteiger partial charge in [-0.05, 0) is 18.6 Å². The fourth-order valence-electron chi connectivity index (χ4n) is 2.37. The molecule has 0 spiro atoms. The number of carbonyl (C=O) groups is 1. The number of nitrogens with two attached hydrogens (primary N) is 1. The first-order valence-corrected chi connectivity index (χ1v) is 7.20. The maximum atomic E-state index is 12.4. The van der Waals surface area contributed by atoms with E-state index in [1.54, 1.807) is 6.20 Å². The Morgan fingerprint density at radius 3 is 2.55 bits per heavy atom. The van der Waals surface area contributed by atoms with Gasteiger partial charge >= 0.3 is 0 Å². The summed E-state index contributed by atoms with van der Waals surface area (Å²) in [7, 11) is 0. The van der Waals surface area contributed by atoms with Crippen LogP contribution in [0.1, 0.15) is 27.2 Å². The molecule has 0 bridgehead atoms. The van der Waals surface area contributed by atoms with Crippen molar-refractivity contribution in [3.05, 3.63) is 18.3 Å². The lowest BCUT2D eigenvalue weighted by atomic mass is 9.88. The molecule has 1 saturated heterocycles. The summed E-state index contributed by atoms with van der Waals surface area (Å²) in [6.45, 7) is 9.12. The summed E-state index contributed by atoms with van der Waals surface area (Å²) in [4.78, 5) is 20.9. The highest BCUT2D eigenvalue weighted by Gasteiger charge is 2.32. The number of carbonyl (C=O) groups excluding carboxylic acids is 1. The normalized spacial score (nSPS) is 16.4. The number of nitrogens with zero attached hydrogens (tertiary/aromatic N) is 3. The van der Waals surface area contributed by atoms with Crippen LogP contribution >= 0.6 is 0 Å². The predicted octanol–water partition coefficient (Wildman–Crippen LogP) is 1.75. The number of piperazine rings is 1. The minimum Gasteiger partial charge on any atom is -0.396 e. The zero-order valence-electron chi connectivity index (χ0n) is 12.6.